The van der Waals surface area contributed by atoms with Crippen molar-refractivity contribution >= 4 is 17.3 Å². The molecule has 120 valence electrons. The lowest BCUT2D eigenvalue weighted by molar-refractivity contribution is 0.332. The Labute approximate surface area is 140 Å². The van der Waals surface area contributed by atoms with E-state index in [1.54, 1.807) is 50.6 Å². The van der Waals surface area contributed by atoms with Crippen molar-refractivity contribution in [3.05, 3.63) is 47.0 Å². The molecule has 23 heavy (non-hydrogen) atoms. The van der Waals surface area contributed by atoms with Gasteiger partial charge in [-0.05, 0) is 24.3 Å². The van der Waals surface area contributed by atoms with E-state index in [-0.39, 0.29) is 0 Å². The van der Waals surface area contributed by atoms with E-state index in [1.165, 1.54) is 0 Å². The number of rotatable bonds is 7. The first-order valence-corrected chi connectivity index (χ1v) is 7.34. The number of methoxy groups -OCH3 is 2. The number of hydrogen-bond acceptors (Lipinski definition) is 5. The van der Waals surface area contributed by atoms with E-state index in [0.29, 0.717) is 41.0 Å². The molecule has 1 N–H and O–H groups in total. The van der Waals surface area contributed by atoms with Gasteiger partial charge in [0.2, 0.25) is 0 Å². The molecule has 0 heterocycles. The summed E-state index contributed by atoms with van der Waals surface area (Å²) in [5.41, 5.74) is 1.38. The van der Waals surface area contributed by atoms with Gasteiger partial charge in [0.15, 0.2) is 0 Å². The number of ether oxygens (including phenoxy) is 3. The van der Waals surface area contributed by atoms with Gasteiger partial charge in [-0.1, -0.05) is 11.6 Å². The fourth-order valence-corrected chi connectivity index (χ4v) is 2.21. The van der Waals surface area contributed by atoms with E-state index in [9.17, 15) is 0 Å². The topological polar surface area (TPSA) is 63.5 Å². The van der Waals surface area contributed by atoms with Gasteiger partial charge < -0.3 is 19.5 Å². The molecule has 0 aromatic heterocycles. The number of nitriles is 1. The lowest BCUT2D eigenvalue weighted by Crippen LogP contribution is -2.12. The fourth-order valence-electron chi connectivity index (χ4n) is 1.98. The van der Waals surface area contributed by atoms with Crippen LogP contribution in [0.5, 0.6) is 17.2 Å². The lowest BCUT2D eigenvalue weighted by atomic mass is 10.2. The average Bonchev–Trinajstić information content (AvgIpc) is 2.59. The Hall–Kier alpha value is -2.58. The smallest absolute Gasteiger partial charge is 0.143 e. The maximum atomic E-state index is 8.75. The molecule has 0 bridgehead atoms. The van der Waals surface area contributed by atoms with Gasteiger partial charge in [-0.2, -0.15) is 5.26 Å². The third-order valence-electron chi connectivity index (χ3n) is 3.14. The van der Waals surface area contributed by atoms with Gasteiger partial charge in [0.25, 0.3) is 0 Å². The summed E-state index contributed by atoms with van der Waals surface area (Å²) in [6, 6.07) is 12.5. The van der Waals surface area contributed by atoms with Crippen LogP contribution in [0.4, 0.5) is 5.69 Å². The number of halogens is 1. The maximum absolute atomic E-state index is 8.75. The standard InChI is InChI=1S/C17H17ClN2O3/c1-21-16-10-15(17(22-2)9-14(16)18)20-7-8-23-13-5-3-12(11-19)4-6-13/h3-6,9-10,20H,7-8H2,1-2H3. The summed E-state index contributed by atoms with van der Waals surface area (Å²) in [6.07, 6.45) is 0. The summed E-state index contributed by atoms with van der Waals surface area (Å²) in [7, 11) is 3.14. The SMILES string of the molecule is COc1cc(NCCOc2ccc(C#N)cc2)c(OC)cc1Cl. The predicted molar refractivity (Wildman–Crippen MR) is 89.7 cm³/mol. The van der Waals surface area contributed by atoms with E-state index < -0.39 is 0 Å². The molecule has 0 atom stereocenters. The summed E-state index contributed by atoms with van der Waals surface area (Å²) >= 11 is 6.07. The van der Waals surface area contributed by atoms with Gasteiger partial charge in [0.05, 0.1) is 36.6 Å². The van der Waals surface area contributed by atoms with Gasteiger partial charge in [0.1, 0.15) is 23.9 Å². The molecule has 0 fully saturated rings. The molecule has 5 nitrogen and oxygen atoms in total. The van der Waals surface area contributed by atoms with Crippen LogP contribution in [0.3, 0.4) is 0 Å². The van der Waals surface area contributed by atoms with Gasteiger partial charge in [0, 0.05) is 18.7 Å². The van der Waals surface area contributed by atoms with Crippen molar-refractivity contribution in [1.82, 2.24) is 0 Å². The Bertz CT molecular complexity index is 696. The van der Waals surface area contributed by atoms with Crippen LogP contribution in [0, 0.1) is 11.3 Å². The van der Waals surface area contributed by atoms with Crippen LogP contribution in [0.1, 0.15) is 5.56 Å². The van der Waals surface area contributed by atoms with E-state index in [4.69, 9.17) is 31.1 Å². The molecule has 6 heteroatoms. The van der Waals surface area contributed by atoms with Crippen LogP contribution in [0.15, 0.2) is 36.4 Å². The van der Waals surface area contributed by atoms with Crippen molar-refractivity contribution in [2.75, 3.05) is 32.7 Å². The highest BCUT2D eigenvalue weighted by Crippen LogP contribution is 2.35. The second-order valence-electron chi connectivity index (χ2n) is 4.60. The zero-order chi connectivity index (χ0) is 16.7. The molecule has 2 aromatic rings. The molecule has 0 unspecified atom stereocenters. The van der Waals surface area contributed by atoms with Gasteiger partial charge in [-0.15, -0.1) is 0 Å². The van der Waals surface area contributed by atoms with Crippen LogP contribution in [-0.2, 0) is 0 Å². The van der Waals surface area contributed by atoms with Gasteiger partial charge in [-0.3, -0.25) is 0 Å². The number of anilines is 1. The third-order valence-corrected chi connectivity index (χ3v) is 3.44. The van der Waals surface area contributed by atoms with E-state index in [1.807, 2.05) is 0 Å². The summed E-state index contributed by atoms with van der Waals surface area (Å²) in [5.74, 6) is 1.92. The van der Waals surface area contributed by atoms with E-state index in [2.05, 4.69) is 11.4 Å². The Kier molecular flexibility index (Phi) is 5.95. The van der Waals surface area contributed by atoms with Crippen LogP contribution >= 0.6 is 11.6 Å². The Morgan fingerprint density at radius 1 is 1.09 bits per heavy atom. The van der Waals surface area contributed by atoms with Crippen molar-refractivity contribution in [2.45, 2.75) is 0 Å². The summed E-state index contributed by atoms with van der Waals surface area (Å²) in [6.45, 7) is 1.03. The van der Waals surface area contributed by atoms with Gasteiger partial charge >= 0.3 is 0 Å². The molecular formula is C17H17ClN2O3. The molecule has 0 saturated heterocycles. The zero-order valence-electron chi connectivity index (χ0n) is 12.9. The minimum atomic E-state index is 0.458. The van der Waals surface area contributed by atoms with Crippen LogP contribution in [0.25, 0.3) is 0 Å². The van der Waals surface area contributed by atoms with Crippen molar-refractivity contribution in [3.8, 4) is 23.3 Å². The highest BCUT2D eigenvalue weighted by molar-refractivity contribution is 6.32. The predicted octanol–water partition coefficient (Wildman–Crippen LogP) is 3.72. The highest BCUT2D eigenvalue weighted by atomic mass is 35.5. The molecule has 0 aliphatic carbocycles. The molecule has 0 saturated carbocycles. The Morgan fingerprint density at radius 2 is 1.78 bits per heavy atom. The minimum absolute atomic E-state index is 0.458. The summed E-state index contributed by atoms with van der Waals surface area (Å²) in [4.78, 5) is 0. The monoisotopic (exact) mass is 332 g/mol. The molecule has 2 aromatic carbocycles. The Morgan fingerprint density at radius 3 is 2.39 bits per heavy atom. The quantitative estimate of drug-likeness (QED) is 0.783. The number of nitrogens with one attached hydrogen (secondary N) is 1. The van der Waals surface area contributed by atoms with Crippen molar-refractivity contribution in [2.24, 2.45) is 0 Å². The normalized spacial score (nSPS) is 9.83. The van der Waals surface area contributed by atoms with Crippen LogP contribution in [-0.4, -0.2) is 27.4 Å². The lowest BCUT2D eigenvalue weighted by Gasteiger charge is -2.14. The fraction of sp³-hybridized carbons (Fsp3) is 0.235. The summed E-state index contributed by atoms with van der Waals surface area (Å²) < 4.78 is 16.1. The van der Waals surface area contributed by atoms with Crippen LogP contribution < -0.4 is 19.5 Å². The minimum Gasteiger partial charge on any atom is -0.495 e. The molecule has 0 amide bonds. The van der Waals surface area contributed by atoms with Crippen molar-refractivity contribution in [1.29, 1.82) is 5.26 Å². The van der Waals surface area contributed by atoms with Gasteiger partial charge in [-0.25, -0.2) is 0 Å². The second kappa shape index (κ2) is 8.16. The van der Waals surface area contributed by atoms with Crippen LogP contribution in [0.2, 0.25) is 5.02 Å². The summed E-state index contributed by atoms with van der Waals surface area (Å²) in [5, 5.41) is 12.5. The average molecular weight is 333 g/mol. The van der Waals surface area contributed by atoms with E-state index in [0.717, 1.165) is 5.69 Å². The first-order valence-electron chi connectivity index (χ1n) is 6.96. The maximum Gasteiger partial charge on any atom is 0.143 e. The van der Waals surface area contributed by atoms with Crippen molar-refractivity contribution < 1.29 is 14.2 Å². The van der Waals surface area contributed by atoms with Crippen molar-refractivity contribution in [3.63, 3.8) is 0 Å². The molecule has 0 spiro atoms. The number of nitrogens with zero attached hydrogens (tertiary/aromatic N) is 1. The third kappa shape index (κ3) is 4.44. The molecule has 0 aliphatic rings. The molecule has 0 aliphatic heterocycles. The largest absolute Gasteiger partial charge is 0.495 e. The first kappa shape index (κ1) is 16.8. The molecule has 2 rings (SSSR count). The molecule has 0 radical (unpaired) electrons. The van der Waals surface area contributed by atoms with E-state index >= 15 is 0 Å². The number of hydrogen-bond donors (Lipinski definition) is 1. The molecular weight excluding hydrogens is 316 g/mol. The number of benzene rings is 2. The Balaban J connectivity index is 1.91. The second-order valence-corrected chi connectivity index (χ2v) is 5.01. The first-order chi connectivity index (χ1) is 11.2. The highest BCUT2D eigenvalue weighted by Gasteiger charge is 2.09. The zero-order valence-corrected chi connectivity index (χ0v) is 13.7.